The zero-order valence-corrected chi connectivity index (χ0v) is 16.8. The number of halogens is 2. The summed E-state index contributed by atoms with van der Waals surface area (Å²) in [5, 5.41) is 13.4. The molecular weight excluding hydrogens is 413 g/mol. The third kappa shape index (κ3) is 4.43. The van der Waals surface area contributed by atoms with Gasteiger partial charge in [0.15, 0.2) is 0 Å². The van der Waals surface area contributed by atoms with Crippen LogP contribution in [0.25, 0.3) is 17.0 Å². The molecule has 1 amide bonds. The molecule has 0 aliphatic heterocycles. The lowest BCUT2D eigenvalue weighted by Crippen LogP contribution is -2.18. The SMILES string of the molecule is COC(=O)/C(C#N)=C/c1cn(CC(=O)Nc2c(Cl)cccc2Cl)c2ccccc12. The van der Waals surface area contributed by atoms with Gasteiger partial charge in [0.1, 0.15) is 18.2 Å². The van der Waals surface area contributed by atoms with E-state index in [2.05, 4.69) is 10.1 Å². The molecule has 6 nitrogen and oxygen atoms in total. The second kappa shape index (κ2) is 8.82. The van der Waals surface area contributed by atoms with Gasteiger partial charge in [-0.1, -0.05) is 47.5 Å². The number of fused-ring (bicyclic) bond motifs is 1. The van der Waals surface area contributed by atoms with E-state index < -0.39 is 5.97 Å². The first-order valence-electron chi connectivity index (χ1n) is 8.46. The lowest BCUT2D eigenvalue weighted by Gasteiger charge is -2.10. The first-order chi connectivity index (χ1) is 13.9. The number of rotatable bonds is 5. The van der Waals surface area contributed by atoms with Crippen molar-refractivity contribution in [2.24, 2.45) is 0 Å². The van der Waals surface area contributed by atoms with Crippen molar-refractivity contribution < 1.29 is 14.3 Å². The molecule has 8 heteroatoms. The minimum atomic E-state index is -0.726. The Bertz CT molecular complexity index is 1160. The molecule has 146 valence electrons. The maximum atomic E-state index is 12.6. The predicted octanol–water partition coefficient (Wildman–Crippen LogP) is 4.67. The van der Waals surface area contributed by atoms with E-state index in [1.54, 1.807) is 29.0 Å². The van der Waals surface area contributed by atoms with Crippen LogP contribution in [0, 0.1) is 11.3 Å². The molecule has 0 aliphatic rings. The summed E-state index contributed by atoms with van der Waals surface area (Å²) >= 11 is 12.2. The van der Waals surface area contributed by atoms with Gasteiger partial charge < -0.3 is 14.6 Å². The number of para-hydroxylation sites is 2. The molecule has 1 aromatic heterocycles. The Hall–Kier alpha value is -3.27. The Morgan fingerprint density at radius 1 is 1.17 bits per heavy atom. The maximum absolute atomic E-state index is 12.6. The average Bonchev–Trinajstić information content (AvgIpc) is 3.05. The van der Waals surface area contributed by atoms with E-state index in [1.165, 1.54) is 13.2 Å². The molecule has 0 unspecified atom stereocenters. The Labute approximate surface area is 176 Å². The Kier molecular flexibility index (Phi) is 6.23. The van der Waals surface area contributed by atoms with Crippen LogP contribution in [0.1, 0.15) is 5.56 Å². The average molecular weight is 428 g/mol. The van der Waals surface area contributed by atoms with Crippen LogP contribution in [0.4, 0.5) is 5.69 Å². The minimum absolute atomic E-state index is 0.0178. The van der Waals surface area contributed by atoms with Crippen molar-refractivity contribution in [1.82, 2.24) is 4.57 Å². The highest BCUT2D eigenvalue weighted by Crippen LogP contribution is 2.30. The van der Waals surface area contributed by atoms with E-state index in [-0.39, 0.29) is 18.0 Å². The number of nitrogens with zero attached hydrogens (tertiary/aromatic N) is 2. The number of amides is 1. The standard InChI is InChI=1S/C21H15Cl2N3O3/c1-29-21(28)13(10-24)9-14-11-26(18-8-3-2-5-15(14)18)12-19(27)25-20-16(22)6-4-7-17(20)23/h2-9,11H,12H2,1H3,(H,25,27)/b13-9+. The van der Waals surface area contributed by atoms with E-state index in [0.717, 1.165) is 10.9 Å². The van der Waals surface area contributed by atoms with Gasteiger partial charge in [-0.2, -0.15) is 5.26 Å². The normalized spacial score (nSPS) is 11.2. The van der Waals surface area contributed by atoms with Crippen molar-refractivity contribution in [2.45, 2.75) is 6.54 Å². The number of nitrogens with one attached hydrogen (secondary N) is 1. The predicted molar refractivity (Wildman–Crippen MR) is 113 cm³/mol. The minimum Gasteiger partial charge on any atom is -0.465 e. The Balaban J connectivity index is 1.95. The van der Waals surface area contributed by atoms with Gasteiger partial charge in [0.2, 0.25) is 5.91 Å². The highest BCUT2D eigenvalue weighted by atomic mass is 35.5. The summed E-state index contributed by atoms with van der Waals surface area (Å²) in [6.07, 6.45) is 3.13. The fraction of sp³-hybridized carbons (Fsp3) is 0.0952. The third-order valence-corrected chi connectivity index (χ3v) is 4.82. The second-order valence-corrected chi connectivity index (χ2v) is 6.85. The molecule has 0 radical (unpaired) electrons. The van der Waals surface area contributed by atoms with Crippen molar-refractivity contribution in [2.75, 3.05) is 12.4 Å². The number of anilines is 1. The largest absolute Gasteiger partial charge is 0.465 e. The fourth-order valence-electron chi connectivity index (χ4n) is 2.87. The first-order valence-corrected chi connectivity index (χ1v) is 9.22. The van der Waals surface area contributed by atoms with Crippen LogP contribution < -0.4 is 5.32 Å². The Morgan fingerprint density at radius 3 is 2.52 bits per heavy atom. The maximum Gasteiger partial charge on any atom is 0.348 e. The zero-order valence-electron chi connectivity index (χ0n) is 15.3. The van der Waals surface area contributed by atoms with Gasteiger partial charge >= 0.3 is 5.97 Å². The van der Waals surface area contributed by atoms with Crippen LogP contribution in [0.2, 0.25) is 10.0 Å². The molecule has 0 spiro atoms. The first kappa shape index (κ1) is 20.5. The number of ether oxygens (including phenoxy) is 1. The monoisotopic (exact) mass is 427 g/mol. The molecule has 3 rings (SSSR count). The van der Waals surface area contributed by atoms with Crippen LogP contribution in [0.5, 0.6) is 0 Å². The molecule has 0 saturated heterocycles. The molecule has 1 N–H and O–H groups in total. The van der Waals surface area contributed by atoms with E-state index in [9.17, 15) is 14.9 Å². The van der Waals surface area contributed by atoms with Crippen molar-refractivity contribution in [3.8, 4) is 6.07 Å². The highest BCUT2D eigenvalue weighted by molar-refractivity contribution is 6.39. The topological polar surface area (TPSA) is 84.1 Å². The van der Waals surface area contributed by atoms with Gasteiger partial charge in [-0.05, 0) is 24.3 Å². The number of carbonyl (C=O) groups excluding carboxylic acids is 2. The molecule has 0 fully saturated rings. The summed E-state index contributed by atoms with van der Waals surface area (Å²) in [6, 6.07) is 14.1. The quantitative estimate of drug-likeness (QED) is 0.364. The van der Waals surface area contributed by atoms with Crippen LogP contribution >= 0.6 is 23.2 Å². The van der Waals surface area contributed by atoms with Crippen LogP contribution in [0.3, 0.4) is 0 Å². The van der Waals surface area contributed by atoms with E-state index in [4.69, 9.17) is 23.2 Å². The number of benzene rings is 2. The molecule has 0 atom stereocenters. The number of carbonyl (C=O) groups is 2. The number of hydrogen-bond acceptors (Lipinski definition) is 4. The number of aromatic nitrogens is 1. The summed E-state index contributed by atoms with van der Waals surface area (Å²) in [7, 11) is 1.21. The van der Waals surface area contributed by atoms with Crippen molar-refractivity contribution >= 4 is 57.7 Å². The van der Waals surface area contributed by atoms with E-state index >= 15 is 0 Å². The van der Waals surface area contributed by atoms with Gasteiger partial charge in [-0.25, -0.2) is 4.79 Å². The number of methoxy groups -OCH3 is 1. The summed E-state index contributed by atoms with van der Waals surface area (Å²) < 4.78 is 6.34. The Morgan fingerprint density at radius 2 is 1.86 bits per heavy atom. The van der Waals surface area contributed by atoms with Crippen LogP contribution in [-0.4, -0.2) is 23.6 Å². The molecule has 29 heavy (non-hydrogen) atoms. The van der Waals surface area contributed by atoms with E-state index in [1.807, 2.05) is 30.3 Å². The molecule has 1 heterocycles. The molecule has 0 saturated carbocycles. The summed E-state index contributed by atoms with van der Waals surface area (Å²) in [5.74, 6) is -1.06. The number of nitriles is 1. The van der Waals surface area contributed by atoms with Crippen molar-refractivity contribution in [1.29, 1.82) is 5.26 Å². The van der Waals surface area contributed by atoms with E-state index in [0.29, 0.717) is 21.3 Å². The molecule has 0 aliphatic carbocycles. The summed E-state index contributed by atoms with van der Waals surface area (Å²) in [5.41, 5.74) is 1.59. The number of esters is 1. The molecule has 2 aromatic carbocycles. The fourth-order valence-corrected chi connectivity index (χ4v) is 3.37. The van der Waals surface area contributed by atoms with Crippen LogP contribution in [-0.2, 0) is 20.9 Å². The lowest BCUT2D eigenvalue weighted by atomic mass is 10.1. The van der Waals surface area contributed by atoms with Crippen molar-refractivity contribution in [3.05, 3.63) is 69.8 Å². The van der Waals surface area contributed by atoms with Crippen molar-refractivity contribution in [3.63, 3.8) is 0 Å². The second-order valence-electron chi connectivity index (χ2n) is 6.04. The van der Waals surface area contributed by atoms with Gasteiger partial charge in [-0.3, -0.25) is 4.79 Å². The van der Waals surface area contributed by atoms with Gasteiger partial charge in [0.25, 0.3) is 0 Å². The van der Waals surface area contributed by atoms with Gasteiger partial charge in [0, 0.05) is 22.7 Å². The summed E-state index contributed by atoms with van der Waals surface area (Å²) in [6.45, 7) is -0.0178. The van der Waals surface area contributed by atoms with Gasteiger partial charge in [0.05, 0.1) is 22.8 Å². The number of hydrogen-bond donors (Lipinski definition) is 1. The lowest BCUT2D eigenvalue weighted by molar-refractivity contribution is -0.135. The summed E-state index contributed by atoms with van der Waals surface area (Å²) in [4.78, 5) is 24.3. The highest BCUT2D eigenvalue weighted by Gasteiger charge is 2.15. The molecule has 3 aromatic rings. The molecular formula is C21H15Cl2N3O3. The third-order valence-electron chi connectivity index (χ3n) is 4.19. The van der Waals surface area contributed by atoms with Gasteiger partial charge in [-0.15, -0.1) is 0 Å². The smallest absolute Gasteiger partial charge is 0.348 e. The molecule has 0 bridgehead atoms. The zero-order chi connectivity index (χ0) is 21.0. The van der Waals surface area contributed by atoms with Crippen LogP contribution in [0.15, 0.2) is 54.2 Å².